The molecule has 9 nitrogen and oxygen atoms in total. The molecule has 1 fully saturated rings. The van der Waals surface area contributed by atoms with Crippen LogP contribution in [0.4, 0.5) is 10.5 Å². The number of nitrogens with one attached hydrogen (secondary N) is 1. The molecule has 0 bridgehead atoms. The van der Waals surface area contributed by atoms with Crippen LogP contribution >= 0.6 is 15.9 Å². The second kappa shape index (κ2) is 9.92. The van der Waals surface area contributed by atoms with Gasteiger partial charge in [0, 0.05) is 24.8 Å². The van der Waals surface area contributed by atoms with Crippen LogP contribution in [0.3, 0.4) is 0 Å². The molecule has 0 radical (unpaired) electrons. The van der Waals surface area contributed by atoms with Crippen LogP contribution in [-0.2, 0) is 9.53 Å². The van der Waals surface area contributed by atoms with Crippen LogP contribution < -0.4 is 5.32 Å². The van der Waals surface area contributed by atoms with Crippen molar-refractivity contribution < 1.29 is 14.3 Å². The number of carbonyl (C=O) groups excluding carboxylic acids is 2. The summed E-state index contributed by atoms with van der Waals surface area (Å²) in [6, 6.07) is 9.25. The Labute approximate surface area is 206 Å². The van der Waals surface area contributed by atoms with E-state index in [4.69, 9.17) is 4.74 Å². The van der Waals surface area contributed by atoms with Gasteiger partial charge in [-0.05, 0) is 73.8 Å². The van der Waals surface area contributed by atoms with Gasteiger partial charge < -0.3 is 15.0 Å². The maximum atomic E-state index is 12.8. The van der Waals surface area contributed by atoms with Crippen molar-refractivity contribution in [2.75, 3.05) is 18.4 Å². The van der Waals surface area contributed by atoms with Crippen LogP contribution in [0.2, 0.25) is 0 Å². The lowest BCUT2D eigenvalue weighted by molar-refractivity contribution is -0.121. The van der Waals surface area contributed by atoms with Gasteiger partial charge in [0.2, 0.25) is 5.91 Å². The molecule has 1 N–H and O–H groups in total. The Morgan fingerprint density at radius 2 is 2.00 bits per heavy atom. The van der Waals surface area contributed by atoms with Crippen molar-refractivity contribution in [2.45, 2.75) is 39.2 Å². The number of anilines is 1. The van der Waals surface area contributed by atoms with Crippen LogP contribution in [0.1, 0.15) is 33.6 Å². The zero-order chi connectivity index (χ0) is 24.3. The summed E-state index contributed by atoms with van der Waals surface area (Å²) >= 11 is 3.36. The SMILES string of the molecule is CC(C)(C)OC(=O)N1CCCC(C(=O)Nc2ccc(-c3cnn(-c4cccc(Br)n4)c3)nc2)C1. The minimum Gasteiger partial charge on any atom is -0.444 e. The first-order chi connectivity index (χ1) is 16.2. The molecule has 1 unspecified atom stereocenters. The summed E-state index contributed by atoms with van der Waals surface area (Å²) in [4.78, 5) is 35.7. The molecule has 1 atom stereocenters. The highest BCUT2D eigenvalue weighted by molar-refractivity contribution is 9.10. The number of halogens is 1. The fourth-order valence-electron chi connectivity index (χ4n) is 3.67. The van der Waals surface area contributed by atoms with E-state index in [1.54, 1.807) is 22.0 Å². The van der Waals surface area contributed by atoms with Crippen molar-refractivity contribution >= 4 is 33.6 Å². The number of likely N-dealkylation sites (tertiary alicyclic amines) is 1. The van der Waals surface area contributed by atoms with Gasteiger partial charge in [-0.15, -0.1) is 0 Å². The number of pyridine rings is 2. The fraction of sp³-hybridized carbons (Fsp3) is 0.375. The van der Waals surface area contributed by atoms with Crippen LogP contribution in [0.5, 0.6) is 0 Å². The van der Waals surface area contributed by atoms with E-state index in [0.29, 0.717) is 24.6 Å². The Morgan fingerprint density at radius 3 is 2.71 bits per heavy atom. The molecule has 178 valence electrons. The third-order valence-corrected chi connectivity index (χ3v) is 5.73. The minimum absolute atomic E-state index is 0.128. The van der Waals surface area contributed by atoms with E-state index in [0.717, 1.165) is 28.7 Å². The quantitative estimate of drug-likeness (QED) is 0.495. The molecule has 2 amide bonds. The lowest BCUT2D eigenvalue weighted by Crippen LogP contribution is -2.45. The molecule has 34 heavy (non-hydrogen) atoms. The number of piperidine rings is 1. The third kappa shape index (κ3) is 5.99. The number of rotatable bonds is 4. The maximum absolute atomic E-state index is 12.8. The van der Waals surface area contributed by atoms with E-state index in [9.17, 15) is 9.59 Å². The van der Waals surface area contributed by atoms with Gasteiger partial charge in [-0.2, -0.15) is 5.10 Å². The topological polar surface area (TPSA) is 102 Å². The average molecular weight is 527 g/mol. The third-order valence-electron chi connectivity index (χ3n) is 5.29. The lowest BCUT2D eigenvalue weighted by atomic mass is 9.97. The van der Waals surface area contributed by atoms with Gasteiger partial charge in [-0.25, -0.2) is 14.5 Å². The second-order valence-electron chi connectivity index (χ2n) is 9.18. The molecular formula is C24H27BrN6O3. The summed E-state index contributed by atoms with van der Waals surface area (Å²) < 4.78 is 7.85. The number of carbonyl (C=O) groups is 2. The van der Waals surface area contributed by atoms with Crippen molar-refractivity contribution in [3.8, 4) is 17.1 Å². The van der Waals surface area contributed by atoms with Gasteiger partial charge in [0.15, 0.2) is 5.82 Å². The molecular weight excluding hydrogens is 500 g/mol. The zero-order valence-electron chi connectivity index (χ0n) is 19.4. The largest absolute Gasteiger partial charge is 0.444 e. The van der Waals surface area contributed by atoms with Gasteiger partial charge in [0.25, 0.3) is 0 Å². The minimum atomic E-state index is -0.565. The number of aromatic nitrogens is 4. The predicted molar refractivity (Wildman–Crippen MR) is 131 cm³/mol. The van der Waals surface area contributed by atoms with Gasteiger partial charge in [0.1, 0.15) is 10.2 Å². The highest BCUT2D eigenvalue weighted by atomic mass is 79.9. The molecule has 1 aliphatic heterocycles. The summed E-state index contributed by atoms with van der Waals surface area (Å²) in [5.74, 6) is 0.269. The first-order valence-corrected chi connectivity index (χ1v) is 11.9. The Morgan fingerprint density at radius 1 is 1.18 bits per heavy atom. The lowest BCUT2D eigenvalue weighted by Gasteiger charge is -2.33. The van der Waals surface area contributed by atoms with Crippen LogP contribution in [-0.4, -0.2) is 55.3 Å². The highest BCUT2D eigenvalue weighted by Gasteiger charge is 2.31. The maximum Gasteiger partial charge on any atom is 0.410 e. The Hall–Kier alpha value is -3.27. The number of ether oxygens (including phenoxy) is 1. The summed E-state index contributed by atoms with van der Waals surface area (Å²) in [6.45, 7) is 6.43. The van der Waals surface area contributed by atoms with Crippen molar-refractivity contribution in [3.05, 3.63) is 53.5 Å². The van der Waals surface area contributed by atoms with Gasteiger partial charge in [0.05, 0.1) is 29.7 Å². The van der Waals surface area contributed by atoms with E-state index in [1.807, 2.05) is 57.3 Å². The number of hydrogen-bond acceptors (Lipinski definition) is 6. The van der Waals surface area contributed by atoms with Crippen LogP contribution in [0.15, 0.2) is 53.5 Å². The van der Waals surface area contributed by atoms with Gasteiger partial charge in [-0.1, -0.05) is 6.07 Å². The summed E-state index contributed by atoms with van der Waals surface area (Å²) in [5.41, 5.74) is 1.60. The number of hydrogen-bond donors (Lipinski definition) is 1. The van der Waals surface area contributed by atoms with Gasteiger partial charge in [-0.3, -0.25) is 9.78 Å². The van der Waals surface area contributed by atoms with Crippen LogP contribution in [0.25, 0.3) is 17.1 Å². The highest BCUT2D eigenvalue weighted by Crippen LogP contribution is 2.23. The Kier molecular flexibility index (Phi) is 6.97. The number of amides is 2. The van der Waals surface area contributed by atoms with Crippen LogP contribution in [0, 0.1) is 5.92 Å². The zero-order valence-corrected chi connectivity index (χ0v) is 20.9. The molecule has 4 rings (SSSR count). The van der Waals surface area contributed by atoms with E-state index >= 15 is 0 Å². The fourth-order valence-corrected chi connectivity index (χ4v) is 4.01. The Bertz CT molecular complexity index is 1170. The smallest absolute Gasteiger partial charge is 0.410 e. The molecule has 0 aromatic carbocycles. The second-order valence-corrected chi connectivity index (χ2v) is 9.99. The molecule has 1 aliphatic rings. The Balaban J connectivity index is 1.37. The van der Waals surface area contributed by atoms with Crippen molar-refractivity contribution in [1.29, 1.82) is 0 Å². The predicted octanol–water partition coefficient (Wildman–Crippen LogP) is 4.68. The summed E-state index contributed by atoms with van der Waals surface area (Å²) in [7, 11) is 0. The average Bonchev–Trinajstić information content (AvgIpc) is 3.29. The molecule has 0 aliphatic carbocycles. The monoisotopic (exact) mass is 526 g/mol. The van der Waals surface area contributed by atoms with Crippen molar-refractivity contribution in [1.82, 2.24) is 24.6 Å². The van der Waals surface area contributed by atoms with E-state index in [1.165, 1.54) is 0 Å². The van der Waals surface area contributed by atoms with Crippen molar-refractivity contribution in [2.24, 2.45) is 5.92 Å². The molecule has 3 aromatic heterocycles. The standard InChI is InChI=1S/C24H27BrN6O3/c1-24(2,3)34-23(33)30-11-5-6-16(14-30)22(32)28-18-9-10-19(26-13-18)17-12-27-31(15-17)21-8-4-7-20(25)29-21/h4,7-10,12-13,15-16H,5-6,11,14H2,1-3H3,(H,28,32). The normalized spacial score (nSPS) is 16.2. The van der Waals surface area contributed by atoms with Gasteiger partial charge >= 0.3 is 6.09 Å². The van der Waals surface area contributed by atoms with Crippen molar-refractivity contribution in [3.63, 3.8) is 0 Å². The molecule has 10 heteroatoms. The molecule has 4 heterocycles. The van der Waals surface area contributed by atoms with E-state index in [2.05, 4.69) is 36.3 Å². The summed E-state index contributed by atoms with van der Waals surface area (Å²) in [6.07, 6.45) is 6.29. The molecule has 3 aromatic rings. The molecule has 0 saturated carbocycles. The first-order valence-electron chi connectivity index (χ1n) is 11.1. The summed E-state index contributed by atoms with van der Waals surface area (Å²) in [5, 5.41) is 7.28. The molecule has 0 spiro atoms. The van der Waals surface area contributed by atoms with E-state index < -0.39 is 5.60 Å². The number of nitrogens with zero attached hydrogens (tertiary/aromatic N) is 5. The van der Waals surface area contributed by atoms with E-state index in [-0.39, 0.29) is 17.9 Å². The molecule has 1 saturated heterocycles. The first kappa shape index (κ1) is 23.9.